The van der Waals surface area contributed by atoms with Crippen molar-refractivity contribution in [3.05, 3.63) is 91.5 Å². The smallest absolute Gasteiger partial charge is 0.151 e. The SMILES string of the molecule is C=CCn1c2ccccc2c2c(C=O)c(C(=C)N)c3c4ccccc4n(CC=C)c3c21. The fraction of sp³-hybridized carbons (Fsp3) is 0.0741. The van der Waals surface area contributed by atoms with E-state index in [1.54, 1.807) is 0 Å². The Hall–Kier alpha value is -4.05. The van der Waals surface area contributed by atoms with Crippen molar-refractivity contribution in [1.29, 1.82) is 0 Å². The van der Waals surface area contributed by atoms with Gasteiger partial charge in [-0.3, -0.25) is 4.79 Å². The van der Waals surface area contributed by atoms with Gasteiger partial charge in [0.25, 0.3) is 0 Å². The molecule has 5 rings (SSSR count). The number of para-hydroxylation sites is 2. The van der Waals surface area contributed by atoms with Crippen LogP contribution in [-0.4, -0.2) is 15.4 Å². The highest BCUT2D eigenvalue weighted by atomic mass is 16.1. The summed E-state index contributed by atoms with van der Waals surface area (Å²) >= 11 is 0. The van der Waals surface area contributed by atoms with Crippen molar-refractivity contribution in [3.63, 3.8) is 0 Å². The maximum Gasteiger partial charge on any atom is 0.151 e. The Balaban J connectivity index is 2.26. The van der Waals surface area contributed by atoms with Gasteiger partial charge in [-0.2, -0.15) is 0 Å². The number of hydrogen-bond acceptors (Lipinski definition) is 2. The minimum Gasteiger partial charge on any atom is -0.399 e. The molecule has 0 fully saturated rings. The van der Waals surface area contributed by atoms with Crippen LogP contribution in [0.2, 0.25) is 0 Å². The molecule has 0 saturated heterocycles. The van der Waals surface area contributed by atoms with Crippen molar-refractivity contribution in [1.82, 2.24) is 9.13 Å². The largest absolute Gasteiger partial charge is 0.399 e. The molecular formula is C27H23N3O. The lowest BCUT2D eigenvalue weighted by Crippen LogP contribution is -2.04. The third-order valence-electron chi connectivity index (χ3n) is 6.02. The molecule has 2 aromatic heterocycles. The molecule has 0 bridgehead atoms. The number of allylic oxidation sites excluding steroid dienone is 2. The lowest BCUT2D eigenvalue weighted by atomic mass is 9.94. The van der Waals surface area contributed by atoms with Crippen LogP contribution in [0.5, 0.6) is 0 Å². The quantitative estimate of drug-likeness (QED) is 0.278. The van der Waals surface area contributed by atoms with Gasteiger partial charge in [-0.05, 0) is 12.1 Å². The fourth-order valence-electron chi connectivity index (χ4n) is 4.97. The predicted molar refractivity (Wildman–Crippen MR) is 131 cm³/mol. The first-order chi connectivity index (χ1) is 15.1. The van der Waals surface area contributed by atoms with Crippen LogP contribution in [-0.2, 0) is 13.1 Å². The summed E-state index contributed by atoms with van der Waals surface area (Å²) in [7, 11) is 0. The van der Waals surface area contributed by atoms with E-state index >= 15 is 0 Å². The number of carbonyl (C=O) groups excluding carboxylic acids is 1. The second-order valence-electron chi connectivity index (χ2n) is 7.71. The van der Waals surface area contributed by atoms with Crippen LogP contribution in [0, 0.1) is 0 Å². The van der Waals surface area contributed by atoms with E-state index in [2.05, 4.69) is 53.1 Å². The molecule has 0 aliphatic heterocycles. The van der Waals surface area contributed by atoms with Crippen molar-refractivity contribution in [2.45, 2.75) is 13.1 Å². The van der Waals surface area contributed by atoms with E-state index in [1.807, 2.05) is 36.4 Å². The summed E-state index contributed by atoms with van der Waals surface area (Å²) in [4.78, 5) is 12.5. The molecule has 0 radical (unpaired) electrons. The molecule has 0 amide bonds. The van der Waals surface area contributed by atoms with Gasteiger partial charge >= 0.3 is 0 Å². The highest BCUT2D eigenvalue weighted by molar-refractivity contribution is 6.29. The zero-order valence-electron chi connectivity index (χ0n) is 17.3. The first-order valence-corrected chi connectivity index (χ1v) is 10.2. The van der Waals surface area contributed by atoms with Gasteiger partial charge in [0, 0.05) is 62.5 Å². The third-order valence-corrected chi connectivity index (χ3v) is 6.02. The van der Waals surface area contributed by atoms with E-state index in [-0.39, 0.29) is 0 Å². The number of rotatable bonds is 6. The molecule has 4 nitrogen and oxygen atoms in total. The van der Waals surface area contributed by atoms with E-state index in [9.17, 15) is 4.79 Å². The second kappa shape index (κ2) is 7.03. The molecule has 0 aliphatic carbocycles. The number of aldehydes is 1. The summed E-state index contributed by atoms with van der Waals surface area (Å²) < 4.78 is 4.48. The fourth-order valence-corrected chi connectivity index (χ4v) is 4.97. The van der Waals surface area contributed by atoms with Gasteiger partial charge in [-0.25, -0.2) is 0 Å². The zero-order valence-corrected chi connectivity index (χ0v) is 17.3. The number of fused-ring (bicyclic) bond motifs is 7. The molecule has 31 heavy (non-hydrogen) atoms. The van der Waals surface area contributed by atoms with Gasteiger partial charge in [0.15, 0.2) is 6.29 Å². The molecule has 0 unspecified atom stereocenters. The minimum absolute atomic E-state index is 0.385. The monoisotopic (exact) mass is 405 g/mol. The summed E-state index contributed by atoms with van der Waals surface area (Å²) in [5.41, 5.74) is 12.1. The van der Waals surface area contributed by atoms with Crippen LogP contribution in [0.3, 0.4) is 0 Å². The van der Waals surface area contributed by atoms with Crippen LogP contribution < -0.4 is 5.73 Å². The first kappa shape index (κ1) is 18.9. The Morgan fingerprint density at radius 2 is 1.32 bits per heavy atom. The first-order valence-electron chi connectivity index (χ1n) is 10.2. The van der Waals surface area contributed by atoms with E-state index in [4.69, 9.17) is 5.73 Å². The molecule has 0 aliphatic rings. The summed E-state index contributed by atoms with van der Waals surface area (Å²) in [6.07, 6.45) is 4.69. The number of hydrogen-bond donors (Lipinski definition) is 1. The predicted octanol–water partition coefficient (Wildman–Crippen LogP) is 6.02. The molecule has 4 heteroatoms. The van der Waals surface area contributed by atoms with Crippen molar-refractivity contribution >= 4 is 55.6 Å². The summed E-state index contributed by atoms with van der Waals surface area (Å²) in [5, 5.41) is 3.91. The maximum absolute atomic E-state index is 12.5. The van der Waals surface area contributed by atoms with Gasteiger partial charge in [0.2, 0.25) is 0 Å². The highest BCUT2D eigenvalue weighted by Gasteiger charge is 2.26. The number of nitrogens with zero attached hydrogens (tertiary/aromatic N) is 2. The van der Waals surface area contributed by atoms with Crippen LogP contribution >= 0.6 is 0 Å². The second-order valence-corrected chi connectivity index (χ2v) is 7.71. The topological polar surface area (TPSA) is 52.9 Å². The van der Waals surface area contributed by atoms with E-state index in [0.717, 1.165) is 49.9 Å². The summed E-state index contributed by atoms with van der Waals surface area (Å²) in [5.74, 6) is 0. The standard InChI is InChI=1S/C27H23N3O/c1-4-14-29-21-12-8-6-10-18(21)24-20(16-31)23(17(3)28)25-19-11-7-9-13-22(19)30(15-5-2)27(25)26(24)29/h4-13,16H,1-3,14-15,28H2. The summed E-state index contributed by atoms with van der Waals surface area (Å²) in [6.45, 7) is 13.2. The van der Waals surface area contributed by atoms with E-state index in [0.29, 0.717) is 29.9 Å². The molecule has 5 aromatic rings. The third kappa shape index (κ3) is 2.45. The van der Waals surface area contributed by atoms with Gasteiger partial charge < -0.3 is 14.9 Å². The summed E-state index contributed by atoms with van der Waals surface area (Å²) in [6, 6.07) is 16.3. The average molecular weight is 406 g/mol. The van der Waals surface area contributed by atoms with E-state index < -0.39 is 0 Å². The molecular weight excluding hydrogens is 382 g/mol. The Bertz CT molecular complexity index is 1560. The molecule has 0 saturated carbocycles. The Labute approximate surface area is 180 Å². The molecule has 2 heterocycles. The lowest BCUT2D eigenvalue weighted by Gasteiger charge is -2.14. The molecule has 152 valence electrons. The Kier molecular flexibility index (Phi) is 4.29. The van der Waals surface area contributed by atoms with Gasteiger partial charge in [0.1, 0.15) is 0 Å². The lowest BCUT2D eigenvalue weighted by molar-refractivity contribution is 0.112. The van der Waals surface area contributed by atoms with Gasteiger partial charge in [0.05, 0.1) is 11.0 Å². The minimum atomic E-state index is 0.385. The molecule has 2 N–H and O–H groups in total. The van der Waals surface area contributed by atoms with Crippen LogP contribution in [0.15, 0.2) is 80.4 Å². The van der Waals surface area contributed by atoms with Crippen LogP contribution in [0.4, 0.5) is 0 Å². The Morgan fingerprint density at radius 1 is 0.839 bits per heavy atom. The van der Waals surface area contributed by atoms with Gasteiger partial charge in [-0.1, -0.05) is 55.1 Å². The van der Waals surface area contributed by atoms with E-state index in [1.165, 1.54) is 0 Å². The normalized spacial score (nSPS) is 11.5. The molecule has 3 aromatic carbocycles. The number of carbonyl (C=O) groups is 1. The Morgan fingerprint density at radius 3 is 1.81 bits per heavy atom. The van der Waals surface area contributed by atoms with Crippen molar-refractivity contribution in [2.75, 3.05) is 0 Å². The van der Waals surface area contributed by atoms with Crippen LogP contribution in [0.1, 0.15) is 15.9 Å². The maximum atomic E-state index is 12.5. The van der Waals surface area contributed by atoms with Crippen molar-refractivity contribution in [3.8, 4) is 0 Å². The van der Waals surface area contributed by atoms with Gasteiger partial charge in [-0.15, -0.1) is 13.2 Å². The van der Waals surface area contributed by atoms with Crippen molar-refractivity contribution < 1.29 is 4.79 Å². The number of aromatic nitrogens is 2. The number of benzene rings is 3. The molecule has 0 spiro atoms. The average Bonchev–Trinajstić information content (AvgIpc) is 3.27. The molecule has 0 atom stereocenters. The highest BCUT2D eigenvalue weighted by Crippen LogP contribution is 2.44. The zero-order chi connectivity index (χ0) is 21.7. The van der Waals surface area contributed by atoms with Crippen molar-refractivity contribution in [2.24, 2.45) is 5.73 Å². The number of nitrogens with two attached hydrogens (primary N) is 1. The van der Waals surface area contributed by atoms with Crippen LogP contribution in [0.25, 0.3) is 49.3 Å².